The number of carbonyl (C=O) groups is 1. The van der Waals surface area contributed by atoms with Gasteiger partial charge in [-0.3, -0.25) is 4.79 Å². The molecule has 1 aromatic carbocycles. The number of benzene rings is 1. The molecule has 126 valence electrons. The summed E-state index contributed by atoms with van der Waals surface area (Å²) in [6.07, 6.45) is 0.150. The van der Waals surface area contributed by atoms with Gasteiger partial charge in [-0.15, -0.1) is 0 Å². The number of hydrogen-bond acceptors (Lipinski definition) is 5. The van der Waals surface area contributed by atoms with Crippen LogP contribution in [-0.2, 0) is 14.1 Å². The molecule has 1 aliphatic heterocycles. The van der Waals surface area contributed by atoms with Crippen LogP contribution in [0.25, 0.3) is 0 Å². The van der Waals surface area contributed by atoms with Crippen molar-refractivity contribution in [2.24, 2.45) is 0 Å². The van der Waals surface area contributed by atoms with Gasteiger partial charge in [-0.05, 0) is 33.8 Å². The molecule has 23 heavy (non-hydrogen) atoms. The van der Waals surface area contributed by atoms with Gasteiger partial charge in [0.2, 0.25) is 0 Å². The third-order valence-electron chi connectivity index (χ3n) is 4.30. The number of hydrogen-bond donors (Lipinski definition) is 0. The second kappa shape index (κ2) is 6.13. The molecule has 0 saturated carbocycles. The molecule has 0 radical (unpaired) electrons. The van der Waals surface area contributed by atoms with Crippen LogP contribution in [0.1, 0.15) is 41.0 Å². The number of esters is 1. The summed E-state index contributed by atoms with van der Waals surface area (Å²) in [7, 11) is 0.691. The molecule has 1 heterocycles. The van der Waals surface area contributed by atoms with Crippen LogP contribution >= 0.6 is 0 Å². The highest BCUT2D eigenvalue weighted by Gasteiger charge is 2.52. The van der Waals surface area contributed by atoms with Gasteiger partial charge >= 0.3 is 13.1 Å². The second-order valence-electron chi connectivity index (χ2n) is 6.44. The minimum atomic E-state index is -0.741. The first kappa shape index (κ1) is 17.8. The molecule has 0 N–H and O–H groups in total. The van der Waals surface area contributed by atoms with Gasteiger partial charge in [-0.1, -0.05) is 6.92 Å². The average Bonchev–Trinajstić information content (AvgIpc) is 2.68. The zero-order chi connectivity index (χ0) is 17.4. The van der Waals surface area contributed by atoms with Crippen molar-refractivity contribution < 1.29 is 28.0 Å². The first-order chi connectivity index (χ1) is 10.6. The number of ether oxygens (including phenoxy) is 2. The molecule has 0 atom stereocenters. The maximum absolute atomic E-state index is 14.1. The molecule has 0 aliphatic carbocycles. The van der Waals surface area contributed by atoms with E-state index in [1.54, 1.807) is 6.92 Å². The van der Waals surface area contributed by atoms with E-state index >= 15 is 0 Å². The highest BCUT2D eigenvalue weighted by molar-refractivity contribution is 6.63. The lowest BCUT2D eigenvalue weighted by Crippen LogP contribution is -2.41. The Kier molecular flexibility index (Phi) is 4.73. The summed E-state index contributed by atoms with van der Waals surface area (Å²) in [5.41, 5.74) is -0.610. The SMILES string of the molecule is CCC(=O)Oc1cc(B2OC(C)(C)C(C)(C)O2)c(OC)cc1F. The Morgan fingerprint density at radius 1 is 1.17 bits per heavy atom. The van der Waals surface area contributed by atoms with E-state index in [2.05, 4.69) is 0 Å². The van der Waals surface area contributed by atoms with Crippen molar-refractivity contribution in [3.63, 3.8) is 0 Å². The van der Waals surface area contributed by atoms with Gasteiger partial charge in [0.15, 0.2) is 11.6 Å². The van der Waals surface area contributed by atoms with Crippen LogP contribution in [0.15, 0.2) is 12.1 Å². The standard InChI is InChI=1S/C16H22BFO5/c1-7-14(19)21-13-8-10(12(20-6)9-11(13)18)17-22-15(2,3)16(4,5)23-17/h8-9H,7H2,1-6H3. The summed E-state index contributed by atoms with van der Waals surface area (Å²) in [5.74, 6) is -1.09. The molecule has 1 saturated heterocycles. The maximum Gasteiger partial charge on any atom is 0.498 e. The molecule has 0 bridgehead atoms. The summed E-state index contributed by atoms with van der Waals surface area (Å²) in [4.78, 5) is 11.4. The van der Waals surface area contributed by atoms with Crippen LogP contribution in [0.4, 0.5) is 4.39 Å². The van der Waals surface area contributed by atoms with Gasteiger partial charge < -0.3 is 18.8 Å². The van der Waals surface area contributed by atoms with Crippen molar-refractivity contribution in [1.29, 1.82) is 0 Å². The predicted octanol–water partition coefficient (Wildman–Crippen LogP) is 2.45. The normalized spacial score (nSPS) is 18.8. The molecule has 0 amide bonds. The Hall–Kier alpha value is -1.60. The number of methoxy groups -OCH3 is 1. The largest absolute Gasteiger partial charge is 0.498 e. The fourth-order valence-electron chi connectivity index (χ4n) is 2.15. The fourth-order valence-corrected chi connectivity index (χ4v) is 2.15. The van der Waals surface area contributed by atoms with Crippen molar-refractivity contribution in [3.8, 4) is 11.5 Å². The molecule has 0 spiro atoms. The van der Waals surface area contributed by atoms with Gasteiger partial charge in [0.25, 0.3) is 0 Å². The van der Waals surface area contributed by atoms with E-state index in [9.17, 15) is 9.18 Å². The first-order valence-corrected chi connectivity index (χ1v) is 7.55. The third-order valence-corrected chi connectivity index (χ3v) is 4.30. The highest BCUT2D eigenvalue weighted by Crippen LogP contribution is 2.37. The van der Waals surface area contributed by atoms with E-state index < -0.39 is 30.1 Å². The number of carbonyl (C=O) groups excluding carboxylic acids is 1. The lowest BCUT2D eigenvalue weighted by Gasteiger charge is -2.32. The van der Waals surface area contributed by atoms with Gasteiger partial charge in [-0.25, -0.2) is 4.39 Å². The van der Waals surface area contributed by atoms with Crippen molar-refractivity contribution in [3.05, 3.63) is 17.9 Å². The van der Waals surface area contributed by atoms with Crippen LogP contribution in [0, 0.1) is 5.82 Å². The van der Waals surface area contributed by atoms with Gasteiger partial charge in [-0.2, -0.15) is 0 Å². The monoisotopic (exact) mass is 324 g/mol. The highest BCUT2D eigenvalue weighted by atomic mass is 19.1. The average molecular weight is 324 g/mol. The zero-order valence-electron chi connectivity index (χ0n) is 14.4. The Labute approximate surface area is 136 Å². The molecular weight excluding hydrogens is 302 g/mol. The predicted molar refractivity (Wildman–Crippen MR) is 84.6 cm³/mol. The maximum atomic E-state index is 14.1. The minimum absolute atomic E-state index is 0.150. The zero-order valence-corrected chi connectivity index (χ0v) is 14.4. The molecule has 1 fully saturated rings. The fraction of sp³-hybridized carbons (Fsp3) is 0.562. The minimum Gasteiger partial charge on any atom is -0.497 e. The summed E-state index contributed by atoms with van der Waals surface area (Å²) < 4.78 is 36.2. The van der Waals surface area contributed by atoms with E-state index in [-0.39, 0.29) is 17.9 Å². The van der Waals surface area contributed by atoms with Crippen molar-refractivity contribution in [2.75, 3.05) is 7.11 Å². The van der Waals surface area contributed by atoms with Crippen molar-refractivity contribution >= 4 is 18.6 Å². The number of halogens is 1. The third kappa shape index (κ3) is 3.35. The van der Waals surface area contributed by atoms with Crippen LogP contribution in [0.5, 0.6) is 11.5 Å². The summed E-state index contributed by atoms with van der Waals surface area (Å²) in [6.45, 7) is 9.31. The molecule has 2 rings (SSSR count). The van der Waals surface area contributed by atoms with E-state index in [0.717, 1.165) is 0 Å². The molecule has 0 aromatic heterocycles. The number of rotatable bonds is 4. The summed E-state index contributed by atoms with van der Waals surface area (Å²) >= 11 is 0. The second-order valence-corrected chi connectivity index (χ2v) is 6.44. The lowest BCUT2D eigenvalue weighted by molar-refractivity contribution is -0.134. The topological polar surface area (TPSA) is 54.0 Å². The van der Waals surface area contributed by atoms with E-state index in [1.165, 1.54) is 19.2 Å². The van der Waals surface area contributed by atoms with Gasteiger partial charge in [0.1, 0.15) is 5.75 Å². The molecule has 0 unspecified atom stereocenters. The van der Waals surface area contributed by atoms with E-state index in [1.807, 2.05) is 27.7 Å². The smallest absolute Gasteiger partial charge is 0.497 e. The Bertz CT molecular complexity index is 599. The van der Waals surface area contributed by atoms with Crippen molar-refractivity contribution in [2.45, 2.75) is 52.2 Å². The van der Waals surface area contributed by atoms with Crippen LogP contribution in [0.2, 0.25) is 0 Å². The van der Waals surface area contributed by atoms with Gasteiger partial charge in [0.05, 0.1) is 18.3 Å². The van der Waals surface area contributed by atoms with Crippen molar-refractivity contribution in [1.82, 2.24) is 0 Å². The van der Waals surface area contributed by atoms with Crippen LogP contribution in [0.3, 0.4) is 0 Å². The first-order valence-electron chi connectivity index (χ1n) is 7.55. The van der Waals surface area contributed by atoms with E-state index in [0.29, 0.717) is 5.46 Å². The molecule has 5 nitrogen and oxygen atoms in total. The Morgan fingerprint density at radius 3 is 2.22 bits per heavy atom. The van der Waals surface area contributed by atoms with Gasteiger partial charge in [0, 0.05) is 17.9 Å². The Morgan fingerprint density at radius 2 is 1.74 bits per heavy atom. The van der Waals surface area contributed by atoms with Crippen LogP contribution < -0.4 is 14.9 Å². The summed E-state index contributed by atoms with van der Waals surface area (Å²) in [6, 6.07) is 2.56. The quantitative estimate of drug-likeness (QED) is 0.484. The summed E-state index contributed by atoms with van der Waals surface area (Å²) in [5, 5.41) is 0. The molecule has 1 aliphatic rings. The lowest BCUT2D eigenvalue weighted by atomic mass is 9.78. The Balaban J connectivity index is 2.41. The van der Waals surface area contributed by atoms with E-state index in [4.69, 9.17) is 18.8 Å². The molecule has 7 heteroatoms. The molecule has 1 aromatic rings. The van der Waals surface area contributed by atoms with Crippen LogP contribution in [-0.4, -0.2) is 31.4 Å². The molecular formula is C16H22BFO5.